The summed E-state index contributed by atoms with van der Waals surface area (Å²) in [7, 11) is 1.50. The van der Waals surface area contributed by atoms with E-state index in [1.807, 2.05) is 32.9 Å². The van der Waals surface area contributed by atoms with Gasteiger partial charge in [0.1, 0.15) is 5.82 Å². The van der Waals surface area contributed by atoms with Crippen LogP contribution in [0.3, 0.4) is 0 Å². The Kier molecular flexibility index (Phi) is 4.05. The lowest BCUT2D eigenvalue weighted by Gasteiger charge is -2.33. The Morgan fingerprint density at radius 3 is 2.60 bits per heavy atom. The third-order valence-electron chi connectivity index (χ3n) is 4.84. The van der Waals surface area contributed by atoms with Crippen LogP contribution in [-0.4, -0.2) is 15.7 Å². The molecule has 1 heterocycles. The number of hydrogen-bond donors (Lipinski definition) is 0. The van der Waals surface area contributed by atoms with E-state index in [1.54, 1.807) is 0 Å². The van der Waals surface area contributed by atoms with Crippen LogP contribution < -0.4 is 5.56 Å². The second-order valence-corrected chi connectivity index (χ2v) is 7.45. The number of aryl methyl sites for hydroxylation is 2. The van der Waals surface area contributed by atoms with Crippen LogP contribution in [0.5, 0.6) is 0 Å². The molecule has 3 nitrogen and oxygen atoms in total. The Bertz CT molecular complexity index is 895. The molecule has 0 spiro atoms. The van der Waals surface area contributed by atoms with Crippen LogP contribution >= 0.6 is 0 Å². The van der Waals surface area contributed by atoms with Crippen molar-refractivity contribution in [2.45, 2.75) is 51.6 Å². The van der Waals surface area contributed by atoms with E-state index in [1.165, 1.54) is 11.6 Å². The molecule has 0 unspecified atom stereocenters. The van der Waals surface area contributed by atoms with Crippen molar-refractivity contribution in [1.82, 2.24) is 9.55 Å². The fourth-order valence-corrected chi connectivity index (χ4v) is 3.59. The zero-order valence-electron chi connectivity index (χ0n) is 14.8. The Hall–Kier alpha value is -2.11. The summed E-state index contributed by atoms with van der Waals surface area (Å²) in [5.74, 6) is 0.172. The van der Waals surface area contributed by atoms with Gasteiger partial charge < -0.3 is 0 Å². The predicted molar refractivity (Wildman–Crippen MR) is 90.8 cm³/mol. The SMILES string of the molecule is Cc1ccc2c(c1)CC(C)(C)c1c-2nc(CCC(F)(F)F)n(C)c1=O. The summed E-state index contributed by atoms with van der Waals surface area (Å²) in [6.07, 6.45) is -4.86. The summed E-state index contributed by atoms with van der Waals surface area (Å²) < 4.78 is 39.1. The van der Waals surface area contributed by atoms with Crippen LogP contribution in [0.15, 0.2) is 23.0 Å². The van der Waals surface area contributed by atoms with Crippen molar-refractivity contribution >= 4 is 0 Å². The van der Waals surface area contributed by atoms with Crippen LogP contribution in [0.1, 0.15) is 42.8 Å². The molecule has 25 heavy (non-hydrogen) atoms. The Balaban J connectivity index is 2.21. The fraction of sp³-hybridized carbons (Fsp3) is 0.474. The normalized spacial score (nSPS) is 15.6. The minimum Gasteiger partial charge on any atom is -0.300 e. The molecule has 3 rings (SSSR count). The summed E-state index contributed by atoms with van der Waals surface area (Å²) in [4.78, 5) is 17.4. The van der Waals surface area contributed by atoms with Gasteiger partial charge in [-0.05, 0) is 18.9 Å². The molecule has 2 aromatic rings. The van der Waals surface area contributed by atoms with Gasteiger partial charge in [0.25, 0.3) is 5.56 Å². The Morgan fingerprint density at radius 2 is 1.96 bits per heavy atom. The summed E-state index contributed by atoms with van der Waals surface area (Å²) in [6.45, 7) is 5.96. The van der Waals surface area contributed by atoms with Crippen LogP contribution in [0, 0.1) is 6.92 Å². The Labute approximate surface area is 144 Å². The van der Waals surface area contributed by atoms with Crippen molar-refractivity contribution in [3.63, 3.8) is 0 Å². The number of halogens is 3. The second kappa shape index (κ2) is 5.71. The number of nitrogens with zero attached hydrogens (tertiary/aromatic N) is 2. The van der Waals surface area contributed by atoms with Crippen LogP contribution in [0.25, 0.3) is 11.3 Å². The zero-order valence-corrected chi connectivity index (χ0v) is 14.8. The van der Waals surface area contributed by atoms with Crippen molar-refractivity contribution in [2.75, 3.05) is 0 Å². The molecule has 1 aromatic carbocycles. The number of aromatic nitrogens is 2. The molecule has 1 aliphatic carbocycles. The number of alkyl halides is 3. The first-order valence-electron chi connectivity index (χ1n) is 8.26. The van der Waals surface area contributed by atoms with E-state index >= 15 is 0 Å². The number of fused-ring (bicyclic) bond motifs is 3. The van der Waals surface area contributed by atoms with Crippen LogP contribution in [-0.2, 0) is 25.3 Å². The standard InChI is InChI=1S/C19H21F3N2O/c1-11-5-6-13-12(9-11)10-18(2,3)15-16(13)23-14(24(4)17(15)25)7-8-19(20,21)22/h5-6,9H,7-8,10H2,1-4H3. The lowest BCUT2D eigenvalue weighted by molar-refractivity contribution is -0.134. The second-order valence-electron chi connectivity index (χ2n) is 7.45. The molecule has 134 valence electrons. The smallest absolute Gasteiger partial charge is 0.300 e. The molecule has 0 bridgehead atoms. The zero-order chi connectivity index (χ0) is 18.6. The lowest BCUT2D eigenvalue weighted by Crippen LogP contribution is -2.38. The summed E-state index contributed by atoms with van der Waals surface area (Å²) in [6, 6.07) is 5.92. The number of hydrogen-bond acceptors (Lipinski definition) is 2. The van der Waals surface area contributed by atoms with E-state index in [4.69, 9.17) is 0 Å². The summed E-state index contributed by atoms with van der Waals surface area (Å²) in [5.41, 5.74) is 3.50. The van der Waals surface area contributed by atoms with E-state index in [-0.39, 0.29) is 17.8 Å². The minimum atomic E-state index is -4.28. The maximum absolute atomic E-state index is 12.9. The van der Waals surface area contributed by atoms with Gasteiger partial charge in [-0.25, -0.2) is 4.98 Å². The van der Waals surface area contributed by atoms with Gasteiger partial charge >= 0.3 is 6.18 Å². The average Bonchev–Trinajstić information content (AvgIpc) is 2.46. The maximum atomic E-state index is 12.9. The van der Waals surface area contributed by atoms with Crippen LogP contribution in [0.2, 0.25) is 0 Å². The van der Waals surface area contributed by atoms with Gasteiger partial charge in [0.05, 0.1) is 12.1 Å². The number of rotatable bonds is 2. The summed E-state index contributed by atoms with van der Waals surface area (Å²) in [5, 5.41) is 0. The molecule has 0 saturated carbocycles. The van der Waals surface area contributed by atoms with Crippen LogP contribution in [0.4, 0.5) is 13.2 Å². The largest absolute Gasteiger partial charge is 0.389 e. The Morgan fingerprint density at radius 1 is 1.28 bits per heavy atom. The van der Waals surface area contributed by atoms with Gasteiger partial charge in [0, 0.05) is 30.0 Å². The predicted octanol–water partition coefficient (Wildman–Crippen LogP) is 4.08. The molecule has 6 heteroatoms. The first kappa shape index (κ1) is 17.7. The molecular formula is C19H21F3N2O. The highest BCUT2D eigenvalue weighted by Crippen LogP contribution is 2.40. The quantitative estimate of drug-likeness (QED) is 0.818. The lowest BCUT2D eigenvalue weighted by atomic mass is 9.72. The highest BCUT2D eigenvalue weighted by atomic mass is 19.4. The first-order valence-corrected chi connectivity index (χ1v) is 8.26. The fourth-order valence-electron chi connectivity index (χ4n) is 3.59. The highest BCUT2D eigenvalue weighted by Gasteiger charge is 2.36. The molecule has 0 radical (unpaired) electrons. The molecule has 0 atom stereocenters. The van der Waals surface area contributed by atoms with E-state index in [0.717, 1.165) is 16.7 Å². The molecule has 0 saturated heterocycles. The third kappa shape index (κ3) is 3.22. The van der Waals surface area contributed by atoms with Gasteiger partial charge in [0.15, 0.2) is 0 Å². The topological polar surface area (TPSA) is 34.9 Å². The molecule has 0 aliphatic heterocycles. The van der Waals surface area contributed by atoms with E-state index in [2.05, 4.69) is 11.1 Å². The van der Waals surface area contributed by atoms with Gasteiger partial charge in [-0.3, -0.25) is 9.36 Å². The molecule has 1 aliphatic rings. The van der Waals surface area contributed by atoms with Crippen molar-refractivity contribution in [3.8, 4) is 11.3 Å². The molecule has 1 aromatic heterocycles. The third-order valence-corrected chi connectivity index (χ3v) is 4.84. The van der Waals surface area contributed by atoms with E-state index in [9.17, 15) is 18.0 Å². The first-order chi connectivity index (χ1) is 11.5. The molecule has 0 N–H and O–H groups in total. The van der Waals surface area contributed by atoms with Crippen molar-refractivity contribution < 1.29 is 13.2 Å². The van der Waals surface area contributed by atoms with Gasteiger partial charge in [-0.1, -0.05) is 37.6 Å². The maximum Gasteiger partial charge on any atom is 0.389 e. The molecular weight excluding hydrogens is 329 g/mol. The number of benzene rings is 1. The monoisotopic (exact) mass is 350 g/mol. The molecule has 0 fully saturated rings. The van der Waals surface area contributed by atoms with Gasteiger partial charge in [-0.2, -0.15) is 13.2 Å². The summed E-state index contributed by atoms with van der Waals surface area (Å²) >= 11 is 0. The highest BCUT2D eigenvalue weighted by molar-refractivity contribution is 5.71. The van der Waals surface area contributed by atoms with E-state index < -0.39 is 18.0 Å². The van der Waals surface area contributed by atoms with Crippen molar-refractivity contribution in [1.29, 1.82) is 0 Å². The van der Waals surface area contributed by atoms with Gasteiger partial charge in [0.2, 0.25) is 0 Å². The van der Waals surface area contributed by atoms with Gasteiger partial charge in [-0.15, -0.1) is 0 Å². The molecule has 0 amide bonds. The van der Waals surface area contributed by atoms with E-state index in [0.29, 0.717) is 17.7 Å². The van der Waals surface area contributed by atoms with Crippen molar-refractivity contribution in [3.05, 3.63) is 51.1 Å². The van der Waals surface area contributed by atoms with Crippen molar-refractivity contribution in [2.24, 2.45) is 7.05 Å². The minimum absolute atomic E-state index is 0.172. The average molecular weight is 350 g/mol.